The van der Waals surface area contributed by atoms with Crippen LogP contribution in [-0.2, 0) is 0 Å². The van der Waals surface area contributed by atoms with Gasteiger partial charge in [-0.15, -0.1) is 0 Å². The Morgan fingerprint density at radius 3 is 2.31 bits per heavy atom. The minimum Gasteiger partial charge on any atom is -0.370 e. The molecule has 0 saturated carbocycles. The molecular weight excluding hydrogens is 220 g/mol. The fourth-order valence-electron chi connectivity index (χ4n) is 1.49. The Morgan fingerprint density at radius 2 is 1.88 bits per heavy atom. The molecule has 1 rings (SSSR count). The predicted octanol–water partition coefficient (Wildman–Crippen LogP) is 4.08. The van der Waals surface area contributed by atoms with Gasteiger partial charge in [-0.25, -0.2) is 0 Å². The third kappa shape index (κ3) is 4.55. The van der Waals surface area contributed by atoms with E-state index in [0.29, 0.717) is 5.02 Å². The Kier molecular flexibility index (Phi) is 4.20. The first-order valence-electron chi connectivity index (χ1n) is 5.32. The first-order chi connectivity index (χ1) is 7.40. The third-order valence-electron chi connectivity index (χ3n) is 2.16. The second-order valence-electron chi connectivity index (χ2n) is 5.10. The zero-order chi connectivity index (χ0) is 12.2. The minimum absolute atomic E-state index is 0.139. The van der Waals surface area contributed by atoms with Gasteiger partial charge in [0.25, 0.3) is 0 Å². The summed E-state index contributed by atoms with van der Waals surface area (Å²) in [6.45, 7) is 6.38. The second kappa shape index (κ2) is 5.23. The largest absolute Gasteiger partial charge is 0.370 e. The summed E-state index contributed by atoms with van der Waals surface area (Å²) >= 11 is 5.80. The molecule has 0 bridgehead atoms. The Hall–Kier alpha value is -1.20. The number of hydrogen-bond donors (Lipinski definition) is 1. The molecule has 1 aromatic rings. The van der Waals surface area contributed by atoms with Gasteiger partial charge in [0.1, 0.15) is 6.04 Å². The topological polar surface area (TPSA) is 35.8 Å². The maximum Gasteiger partial charge on any atom is 0.114 e. The van der Waals surface area contributed by atoms with Crippen LogP contribution in [0, 0.1) is 16.7 Å². The highest BCUT2D eigenvalue weighted by atomic mass is 35.5. The number of benzene rings is 1. The van der Waals surface area contributed by atoms with E-state index in [4.69, 9.17) is 16.9 Å². The van der Waals surface area contributed by atoms with E-state index in [2.05, 4.69) is 32.2 Å². The quantitative estimate of drug-likeness (QED) is 0.859. The maximum absolute atomic E-state index is 9.07. The number of rotatable bonds is 3. The molecule has 0 spiro atoms. The molecule has 2 nitrogen and oxygen atoms in total. The zero-order valence-electron chi connectivity index (χ0n) is 9.92. The highest BCUT2D eigenvalue weighted by molar-refractivity contribution is 6.30. The average molecular weight is 237 g/mol. The molecule has 0 radical (unpaired) electrons. The van der Waals surface area contributed by atoms with Crippen molar-refractivity contribution in [2.24, 2.45) is 5.41 Å². The zero-order valence-corrected chi connectivity index (χ0v) is 10.7. The Balaban J connectivity index is 2.64. The van der Waals surface area contributed by atoms with E-state index in [1.165, 1.54) is 0 Å². The summed E-state index contributed by atoms with van der Waals surface area (Å²) in [5, 5.41) is 13.0. The standard InChI is InChI=1S/C13H17ClN2/c1-13(2,3)8-12(9-15)16-11-6-4-10(14)5-7-11/h4-7,12,16H,8H2,1-3H3. The van der Waals surface area contributed by atoms with Crippen LogP contribution in [-0.4, -0.2) is 6.04 Å². The summed E-state index contributed by atoms with van der Waals surface area (Å²) in [4.78, 5) is 0. The molecule has 1 aromatic carbocycles. The van der Waals surface area contributed by atoms with Crippen molar-refractivity contribution in [1.82, 2.24) is 0 Å². The van der Waals surface area contributed by atoms with Crippen LogP contribution in [0.3, 0.4) is 0 Å². The Bertz CT molecular complexity index is 370. The van der Waals surface area contributed by atoms with Gasteiger partial charge in [0.15, 0.2) is 0 Å². The Morgan fingerprint density at radius 1 is 1.31 bits per heavy atom. The number of hydrogen-bond acceptors (Lipinski definition) is 2. The lowest BCUT2D eigenvalue weighted by Crippen LogP contribution is -2.23. The van der Waals surface area contributed by atoms with Gasteiger partial charge in [-0.2, -0.15) is 5.26 Å². The fourth-order valence-corrected chi connectivity index (χ4v) is 1.61. The average Bonchev–Trinajstić information content (AvgIpc) is 2.18. The molecule has 3 heteroatoms. The van der Waals surface area contributed by atoms with E-state index in [-0.39, 0.29) is 11.5 Å². The van der Waals surface area contributed by atoms with Crippen LogP contribution in [0.4, 0.5) is 5.69 Å². The van der Waals surface area contributed by atoms with Crippen molar-refractivity contribution in [2.45, 2.75) is 33.2 Å². The van der Waals surface area contributed by atoms with E-state index in [9.17, 15) is 0 Å². The highest BCUT2D eigenvalue weighted by Gasteiger charge is 2.18. The summed E-state index contributed by atoms with van der Waals surface area (Å²) in [6, 6.07) is 9.51. The highest BCUT2D eigenvalue weighted by Crippen LogP contribution is 2.23. The van der Waals surface area contributed by atoms with Crippen molar-refractivity contribution < 1.29 is 0 Å². The molecule has 0 aliphatic rings. The van der Waals surface area contributed by atoms with Crippen LogP contribution in [0.5, 0.6) is 0 Å². The van der Waals surface area contributed by atoms with Gasteiger partial charge in [0.2, 0.25) is 0 Å². The molecule has 1 atom stereocenters. The van der Waals surface area contributed by atoms with Crippen molar-refractivity contribution in [3.05, 3.63) is 29.3 Å². The van der Waals surface area contributed by atoms with Crippen LogP contribution < -0.4 is 5.32 Å². The number of nitrogens with one attached hydrogen (secondary N) is 1. The van der Waals surface area contributed by atoms with Gasteiger partial charge >= 0.3 is 0 Å². The second-order valence-corrected chi connectivity index (χ2v) is 5.53. The van der Waals surface area contributed by atoms with E-state index in [1.807, 2.05) is 24.3 Å². The van der Waals surface area contributed by atoms with Crippen molar-refractivity contribution in [2.75, 3.05) is 5.32 Å². The maximum atomic E-state index is 9.07. The molecule has 16 heavy (non-hydrogen) atoms. The van der Waals surface area contributed by atoms with Crippen LogP contribution in [0.25, 0.3) is 0 Å². The lowest BCUT2D eigenvalue weighted by molar-refractivity contribution is 0.370. The molecule has 0 aliphatic heterocycles. The molecule has 0 amide bonds. The molecule has 1 N–H and O–H groups in total. The van der Waals surface area contributed by atoms with E-state index >= 15 is 0 Å². The molecule has 0 aromatic heterocycles. The van der Waals surface area contributed by atoms with Gasteiger partial charge in [-0.05, 0) is 36.1 Å². The summed E-state index contributed by atoms with van der Waals surface area (Å²) in [5.74, 6) is 0. The molecule has 1 unspecified atom stereocenters. The number of anilines is 1. The van der Waals surface area contributed by atoms with Gasteiger partial charge in [-0.1, -0.05) is 32.4 Å². The first kappa shape index (κ1) is 12.9. The van der Waals surface area contributed by atoms with Crippen LogP contribution in [0.1, 0.15) is 27.2 Å². The molecule has 86 valence electrons. The third-order valence-corrected chi connectivity index (χ3v) is 2.41. The lowest BCUT2D eigenvalue weighted by atomic mass is 9.88. The molecular formula is C13H17ClN2. The van der Waals surface area contributed by atoms with E-state index < -0.39 is 0 Å². The van der Waals surface area contributed by atoms with Gasteiger partial charge in [0.05, 0.1) is 6.07 Å². The van der Waals surface area contributed by atoms with Crippen LogP contribution in [0.2, 0.25) is 5.02 Å². The SMILES string of the molecule is CC(C)(C)CC(C#N)Nc1ccc(Cl)cc1. The molecule has 0 heterocycles. The number of nitriles is 1. The van der Waals surface area contributed by atoms with Crippen LogP contribution in [0.15, 0.2) is 24.3 Å². The van der Waals surface area contributed by atoms with Gasteiger partial charge in [0, 0.05) is 10.7 Å². The minimum atomic E-state index is -0.166. The number of halogens is 1. The predicted molar refractivity (Wildman–Crippen MR) is 68.5 cm³/mol. The summed E-state index contributed by atoms with van der Waals surface area (Å²) in [7, 11) is 0. The van der Waals surface area contributed by atoms with E-state index in [0.717, 1.165) is 12.1 Å². The first-order valence-corrected chi connectivity index (χ1v) is 5.70. The summed E-state index contributed by atoms with van der Waals surface area (Å²) in [6.07, 6.45) is 0.812. The molecule has 0 aliphatic carbocycles. The smallest absolute Gasteiger partial charge is 0.114 e. The van der Waals surface area contributed by atoms with Gasteiger partial charge < -0.3 is 5.32 Å². The fraction of sp³-hybridized carbons (Fsp3) is 0.462. The normalized spacial score (nSPS) is 12.9. The summed E-state index contributed by atoms with van der Waals surface area (Å²) < 4.78 is 0. The summed E-state index contributed by atoms with van der Waals surface area (Å²) in [5.41, 5.74) is 1.07. The van der Waals surface area contributed by atoms with Crippen molar-refractivity contribution in [3.63, 3.8) is 0 Å². The molecule has 0 saturated heterocycles. The Labute approximate surface area is 102 Å². The monoisotopic (exact) mass is 236 g/mol. The molecule has 0 fully saturated rings. The lowest BCUT2D eigenvalue weighted by Gasteiger charge is -2.22. The van der Waals surface area contributed by atoms with Crippen molar-refractivity contribution in [1.29, 1.82) is 5.26 Å². The number of nitrogens with zero attached hydrogens (tertiary/aromatic N) is 1. The van der Waals surface area contributed by atoms with Crippen LogP contribution >= 0.6 is 11.6 Å². The van der Waals surface area contributed by atoms with Gasteiger partial charge in [-0.3, -0.25) is 0 Å². The van der Waals surface area contributed by atoms with E-state index in [1.54, 1.807) is 0 Å². The van der Waals surface area contributed by atoms with Crippen molar-refractivity contribution in [3.8, 4) is 6.07 Å². The van der Waals surface area contributed by atoms with Crippen molar-refractivity contribution >= 4 is 17.3 Å².